The fraction of sp³-hybridized carbons (Fsp3) is 0.385. The smallest absolute Gasteiger partial charge is 0.326 e. The first-order valence-corrected chi connectivity index (χ1v) is 8.06. The van der Waals surface area contributed by atoms with Gasteiger partial charge in [0.25, 0.3) is 0 Å². The van der Waals surface area contributed by atoms with Gasteiger partial charge in [-0.3, -0.25) is 4.79 Å². The number of rotatable bonds is 6. The molecule has 0 bridgehead atoms. The van der Waals surface area contributed by atoms with Crippen molar-refractivity contribution in [2.24, 2.45) is 0 Å². The van der Waals surface area contributed by atoms with E-state index >= 15 is 0 Å². The monoisotopic (exact) mass is 315 g/mol. The average Bonchev–Trinajstić information content (AvgIpc) is 2.38. The first-order valence-electron chi connectivity index (χ1n) is 6.11. The molecular weight excluding hydrogens is 298 g/mol. The molecule has 7 nitrogen and oxygen atoms in total. The number of sulfone groups is 1. The van der Waals surface area contributed by atoms with E-state index in [1.807, 2.05) is 0 Å². The molecule has 0 saturated heterocycles. The van der Waals surface area contributed by atoms with Crippen LogP contribution in [0.25, 0.3) is 0 Å². The minimum Gasteiger partial charge on any atom is -0.508 e. The zero-order chi connectivity index (χ0) is 16.2. The number of carboxylic acid groups (broad SMARTS) is 1. The normalized spacial score (nSPS) is 14.2. The molecule has 0 aliphatic heterocycles. The number of phenolic OH excluding ortho intramolecular Hbond substituents is 1. The Morgan fingerprint density at radius 2 is 1.76 bits per heavy atom. The van der Waals surface area contributed by atoms with E-state index < -0.39 is 33.0 Å². The SMILES string of the molecule is CC(C(=O)NC(Cc1ccc(O)cc1)C(=O)O)S(C)(=O)=O. The molecule has 0 radical (unpaired) electrons. The van der Waals surface area contributed by atoms with Gasteiger partial charge in [0.05, 0.1) is 0 Å². The van der Waals surface area contributed by atoms with Crippen LogP contribution in [-0.4, -0.2) is 48.1 Å². The Bertz CT molecular complexity index is 623. The number of nitrogens with one attached hydrogen (secondary N) is 1. The van der Waals surface area contributed by atoms with E-state index in [2.05, 4.69) is 5.32 Å². The first-order chi connectivity index (χ1) is 9.61. The van der Waals surface area contributed by atoms with Crippen LogP contribution in [0.15, 0.2) is 24.3 Å². The molecule has 0 aliphatic carbocycles. The van der Waals surface area contributed by atoms with Crippen LogP contribution in [0.5, 0.6) is 5.75 Å². The Labute approximate surface area is 122 Å². The Kier molecular flexibility index (Phi) is 5.31. The molecule has 8 heteroatoms. The summed E-state index contributed by atoms with van der Waals surface area (Å²) in [6.07, 6.45) is 0.894. The number of phenols is 1. The van der Waals surface area contributed by atoms with Gasteiger partial charge in [0.15, 0.2) is 9.84 Å². The van der Waals surface area contributed by atoms with E-state index in [-0.39, 0.29) is 12.2 Å². The van der Waals surface area contributed by atoms with Crippen molar-refractivity contribution in [1.29, 1.82) is 0 Å². The Balaban J connectivity index is 2.81. The van der Waals surface area contributed by atoms with Gasteiger partial charge in [-0.25, -0.2) is 13.2 Å². The molecule has 0 heterocycles. The number of carbonyl (C=O) groups is 2. The van der Waals surface area contributed by atoms with Crippen molar-refractivity contribution >= 4 is 21.7 Å². The fourth-order valence-corrected chi connectivity index (χ4v) is 2.01. The second-order valence-electron chi connectivity index (χ2n) is 4.74. The van der Waals surface area contributed by atoms with Crippen molar-refractivity contribution in [2.75, 3.05) is 6.26 Å². The maximum atomic E-state index is 11.8. The summed E-state index contributed by atoms with van der Waals surface area (Å²) in [4.78, 5) is 22.9. The number of benzene rings is 1. The fourth-order valence-electron chi connectivity index (χ4n) is 1.55. The second-order valence-corrected chi connectivity index (χ2v) is 7.11. The topological polar surface area (TPSA) is 121 Å². The molecule has 0 aliphatic rings. The quantitative estimate of drug-likeness (QED) is 0.676. The average molecular weight is 315 g/mol. The third-order valence-electron chi connectivity index (χ3n) is 3.00. The number of aliphatic carboxylic acids is 1. The highest BCUT2D eigenvalue weighted by Gasteiger charge is 2.28. The Morgan fingerprint density at radius 3 is 2.19 bits per heavy atom. The van der Waals surface area contributed by atoms with Crippen LogP contribution in [0.4, 0.5) is 0 Å². The van der Waals surface area contributed by atoms with Gasteiger partial charge < -0.3 is 15.5 Å². The van der Waals surface area contributed by atoms with Crippen molar-refractivity contribution in [3.63, 3.8) is 0 Å². The number of hydrogen-bond donors (Lipinski definition) is 3. The van der Waals surface area contributed by atoms with Gasteiger partial charge >= 0.3 is 5.97 Å². The molecule has 1 amide bonds. The predicted octanol–water partition coefficient (Wildman–Crippen LogP) is -0.0628. The van der Waals surface area contributed by atoms with Gasteiger partial charge in [0, 0.05) is 12.7 Å². The Hall–Kier alpha value is -2.09. The molecule has 2 unspecified atom stereocenters. The van der Waals surface area contributed by atoms with E-state index in [1.165, 1.54) is 31.2 Å². The van der Waals surface area contributed by atoms with Crippen LogP contribution in [0, 0.1) is 0 Å². The third kappa shape index (κ3) is 5.07. The van der Waals surface area contributed by atoms with Gasteiger partial charge in [0.1, 0.15) is 17.0 Å². The lowest BCUT2D eigenvalue weighted by Crippen LogP contribution is -2.47. The van der Waals surface area contributed by atoms with Crippen LogP contribution in [0.1, 0.15) is 12.5 Å². The van der Waals surface area contributed by atoms with Crippen LogP contribution in [0.3, 0.4) is 0 Å². The van der Waals surface area contributed by atoms with Gasteiger partial charge in [-0.2, -0.15) is 0 Å². The van der Waals surface area contributed by atoms with E-state index in [4.69, 9.17) is 10.2 Å². The lowest BCUT2D eigenvalue weighted by atomic mass is 10.1. The molecule has 1 aromatic rings. The Morgan fingerprint density at radius 1 is 1.24 bits per heavy atom. The number of aromatic hydroxyl groups is 1. The van der Waals surface area contributed by atoms with Gasteiger partial charge in [0.2, 0.25) is 5.91 Å². The highest BCUT2D eigenvalue weighted by molar-refractivity contribution is 7.92. The van der Waals surface area contributed by atoms with E-state index in [1.54, 1.807) is 0 Å². The third-order valence-corrected chi connectivity index (χ3v) is 4.50. The molecule has 0 fully saturated rings. The maximum absolute atomic E-state index is 11.8. The highest BCUT2D eigenvalue weighted by Crippen LogP contribution is 2.11. The van der Waals surface area contributed by atoms with Gasteiger partial charge in [-0.15, -0.1) is 0 Å². The van der Waals surface area contributed by atoms with E-state index in [0.29, 0.717) is 5.56 Å². The zero-order valence-corrected chi connectivity index (χ0v) is 12.4. The van der Waals surface area contributed by atoms with Gasteiger partial charge in [-0.05, 0) is 24.6 Å². The second kappa shape index (κ2) is 6.57. The molecule has 3 N–H and O–H groups in total. The van der Waals surface area contributed by atoms with E-state index in [0.717, 1.165) is 6.26 Å². The number of carbonyl (C=O) groups excluding carboxylic acids is 1. The minimum atomic E-state index is -3.59. The highest BCUT2D eigenvalue weighted by atomic mass is 32.2. The number of hydrogen-bond acceptors (Lipinski definition) is 5. The summed E-state index contributed by atoms with van der Waals surface area (Å²) in [6, 6.07) is 4.60. The molecular formula is C13H17NO6S. The molecule has 1 aromatic carbocycles. The summed E-state index contributed by atoms with van der Waals surface area (Å²) in [5.74, 6) is -2.08. The van der Waals surface area contributed by atoms with E-state index in [9.17, 15) is 18.0 Å². The van der Waals surface area contributed by atoms with Crippen LogP contribution >= 0.6 is 0 Å². The summed E-state index contributed by atoms with van der Waals surface area (Å²) in [5.41, 5.74) is 0.590. The van der Waals surface area contributed by atoms with Crippen molar-refractivity contribution in [1.82, 2.24) is 5.32 Å². The summed E-state index contributed by atoms with van der Waals surface area (Å²) >= 11 is 0. The number of amides is 1. The minimum absolute atomic E-state index is 0.0160. The maximum Gasteiger partial charge on any atom is 0.326 e. The van der Waals surface area contributed by atoms with Crippen molar-refractivity contribution in [2.45, 2.75) is 24.6 Å². The first kappa shape index (κ1) is 17.0. The summed E-state index contributed by atoms with van der Waals surface area (Å²) in [5, 5.41) is 19.1. The van der Waals surface area contributed by atoms with Crippen LogP contribution < -0.4 is 5.32 Å². The molecule has 0 aromatic heterocycles. The lowest BCUT2D eigenvalue weighted by molar-refractivity contribution is -0.141. The van der Waals surface area contributed by atoms with Crippen molar-refractivity contribution in [3.8, 4) is 5.75 Å². The summed E-state index contributed by atoms with van der Waals surface area (Å²) in [7, 11) is -3.59. The van der Waals surface area contributed by atoms with Crippen LogP contribution in [-0.2, 0) is 25.8 Å². The summed E-state index contributed by atoms with van der Waals surface area (Å²) in [6.45, 7) is 1.20. The van der Waals surface area contributed by atoms with Crippen molar-refractivity contribution < 1.29 is 28.2 Å². The van der Waals surface area contributed by atoms with Crippen LogP contribution in [0.2, 0.25) is 0 Å². The molecule has 21 heavy (non-hydrogen) atoms. The summed E-state index contributed by atoms with van der Waals surface area (Å²) < 4.78 is 22.6. The molecule has 0 saturated carbocycles. The zero-order valence-electron chi connectivity index (χ0n) is 11.6. The molecule has 2 atom stereocenters. The van der Waals surface area contributed by atoms with Gasteiger partial charge in [-0.1, -0.05) is 12.1 Å². The standard InChI is InChI=1S/C13H17NO6S/c1-8(21(2,19)20)12(16)14-11(13(17)18)7-9-3-5-10(15)6-4-9/h3-6,8,11,15H,7H2,1-2H3,(H,14,16)(H,17,18). The van der Waals surface area contributed by atoms with Crippen molar-refractivity contribution in [3.05, 3.63) is 29.8 Å². The largest absolute Gasteiger partial charge is 0.508 e. The lowest BCUT2D eigenvalue weighted by Gasteiger charge is -2.17. The molecule has 1 rings (SSSR count). The number of carboxylic acids is 1. The molecule has 116 valence electrons. The molecule has 0 spiro atoms. The predicted molar refractivity (Wildman–Crippen MR) is 75.7 cm³/mol.